The van der Waals surface area contributed by atoms with E-state index in [0.717, 1.165) is 32.1 Å². The maximum Gasteiger partial charge on any atom is 0.282 e. The molecule has 0 spiro atoms. The zero-order valence-electron chi connectivity index (χ0n) is 12.9. The van der Waals surface area contributed by atoms with Crippen molar-refractivity contribution in [2.45, 2.75) is 32.1 Å². The summed E-state index contributed by atoms with van der Waals surface area (Å²) in [5.41, 5.74) is 4.50. The second-order valence-corrected chi connectivity index (χ2v) is 5.91. The van der Waals surface area contributed by atoms with E-state index in [-0.39, 0.29) is 28.2 Å². The van der Waals surface area contributed by atoms with Gasteiger partial charge in [-0.3, -0.25) is 35.9 Å². The van der Waals surface area contributed by atoms with Crippen molar-refractivity contribution in [1.29, 1.82) is 0 Å². The maximum atomic E-state index is 12.1. The third-order valence-corrected chi connectivity index (χ3v) is 4.05. The van der Waals surface area contributed by atoms with Crippen LogP contribution in [0.5, 0.6) is 0 Å². The summed E-state index contributed by atoms with van der Waals surface area (Å²) < 4.78 is 0. The topological polar surface area (TPSA) is 113 Å². The van der Waals surface area contributed by atoms with Crippen LogP contribution in [-0.4, -0.2) is 21.9 Å². The van der Waals surface area contributed by atoms with E-state index < -0.39 is 10.8 Å². The highest BCUT2D eigenvalue weighted by molar-refractivity contribution is 7.80. The minimum atomic E-state index is -0.716. The van der Waals surface area contributed by atoms with Crippen molar-refractivity contribution >= 4 is 34.8 Å². The summed E-state index contributed by atoms with van der Waals surface area (Å²) in [6.45, 7) is 0. The van der Waals surface area contributed by atoms with E-state index in [9.17, 15) is 19.7 Å². The Balaban J connectivity index is 1.87. The normalized spacial score (nSPS) is 14.5. The van der Waals surface area contributed by atoms with Gasteiger partial charge in [0.25, 0.3) is 11.6 Å². The zero-order chi connectivity index (χ0) is 17.5. The number of hydrazine groups is 1. The Kier molecular flexibility index (Phi) is 6.19. The molecule has 1 fully saturated rings. The number of amides is 2. The number of nitro groups is 1. The first kappa shape index (κ1) is 17.8. The van der Waals surface area contributed by atoms with Gasteiger partial charge in [0.1, 0.15) is 5.56 Å². The Morgan fingerprint density at radius 3 is 2.46 bits per heavy atom. The minimum absolute atomic E-state index is 0.0556. The van der Waals surface area contributed by atoms with Crippen molar-refractivity contribution in [3.8, 4) is 0 Å². The fourth-order valence-corrected chi connectivity index (χ4v) is 2.76. The predicted molar refractivity (Wildman–Crippen MR) is 91.0 cm³/mol. The van der Waals surface area contributed by atoms with E-state index in [4.69, 9.17) is 12.2 Å². The number of nitrogens with zero attached hydrogens (tertiary/aromatic N) is 1. The molecule has 0 atom stereocenters. The summed E-state index contributed by atoms with van der Waals surface area (Å²) in [5, 5.41) is 13.1. The third-order valence-electron chi connectivity index (χ3n) is 3.85. The molecule has 1 aliphatic rings. The van der Waals surface area contributed by atoms with Crippen LogP contribution >= 0.6 is 12.2 Å². The van der Waals surface area contributed by atoms with Crippen LogP contribution in [0.4, 0.5) is 5.69 Å². The van der Waals surface area contributed by atoms with Crippen LogP contribution in [0.15, 0.2) is 24.3 Å². The van der Waals surface area contributed by atoms with Crippen molar-refractivity contribution in [3.63, 3.8) is 0 Å². The highest BCUT2D eigenvalue weighted by Crippen LogP contribution is 2.23. The number of rotatable bonds is 3. The molecule has 2 rings (SSSR count). The summed E-state index contributed by atoms with van der Waals surface area (Å²) in [6.07, 6.45) is 4.86. The van der Waals surface area contributed by atoms with Crippen molar-refractivity contribution in [2.75, 3.05) is 0 Å². The van der Waals surface area contributed by atoms with Crippen molar-refractivity contribution in [2.24, 2.45) is 5.92 Å². The maximum absolute atomic E-state index is 12.1. The molecule has 2 amide bonds. The number of benzene rings is 1. The van der Waals surface area contributed by atoms with Gasteiger partial charge in [0, 0.05) is 12.0 Å². The van der Waals surface area contributed by atoms with E-state index in [0.29, 0.717) is 0 Å². The standard InChI is InChI=1S/C15H18N4O4S/c20-13(10-6-2-1-3-7-10)17-18-15(24)16-14(21)11-8-4-5-9-12(11)19(22)23/h4-5,8-10H,1-3,6-7H2,(H,17,20)(H2,16,18,21,24). The van der Waals surface area contributed by atoms with E-state index >= 15 is 0 Å². The quantitative estimate of drug-likeness (QED) is 0.435. The van der Waals surface area contributed by atoms with Gasteiger partial charge in [0.05, 0.1) is 4.92 Å². The lowest BCUT2D eigenvalue weighted by Gasteiger charge is -2.21. The Hall–Kier alpha value is -2.55. The van der Waals surface area contributed by atoms with Crippen LogP contribution in [0.3, 0.4) is 0 Å². The largest absolute Gasteiger partial charge is 0.297 e. The predicted octanol–water partition coefficient (Wildman–Crippen LogP) is 1.81. The molecule has 0 heterocycles. The Labute approximate surface area is 144 Å². The van der Waals surface area contributed by atoms with Crippen LogP contribution in [0, 0.1) is 16.0 Å². The first-order valence-electron chi connectivity index (χ1n) is 7.63. The molecule has 0 radical (unpaired) electrons. The highest BCUT2D eigenvalue weighted by atomic mass is 32.1. The van der Waals surface area contributed by atoms with Crippen LogP contribution in [0.25, 0.3) is 0 Å². The van der Waals surface area contributed by atoms with Gasteiger partial charge in [-0.25, -0.2) is 0 Å². The summed E-state index contributed by atoms with van der Waals surface area (Å²) in [4.78, 5) is 34.3. The highest BCUT2D eigenvalue weighted by Gasteiger charge is 2.22. The van der Waals surface area contributed by atoms with Crippen LogP contribution < -0.4 is 16.2 Å². The molecule has 9 heteroatoms. The molecule has 3 N–H and O–H groups in total. The molecule has 24 heavy (non-hydrogen) atoms. The number of hydrogen-bond donors (Lipinski definition) is 3. The number of nitrogens with one attached hydrogen (secondary N) is 3. The number of hydrogen-bond acceptors (Lipinski definition) is 5. The molecule has 0 aliphatic heterocycles. The van der Waals surface area contributed by atoms with E-state index in [1.165, 1.54) is 24.3 Å². The summed E-state index contributed by atoms with van der Waals surface area (Å²) in [7, 11) is 0. The number of carbonyl (C=O) groups excluding carboxylic acids is 2. The van der Waals surface area contributed by atoms with Crippen molar-refractivity contribution in [3.05, 3.63) is 39.9 Å². The first-order valence-corrected chi connectivity index (χ1v) is 8.04. The van der Waals surface area contributed by atoms with Gasteiger partial charge < -0.3 is 0 Å². The monoisotopic (exact) mass is 350 g/mol. The smallest absolute Gasteiger partial charge is 0.282 e. The van der Waals surface area contributed by atoms with Crippen LogP contribution in [-0.2, 0) is 4.79 Å². The third kappa shape index (κ3) is 4.72. The lowest BCUT2D eigenvalue weighted by atomic mass is 9.89. The van der Waals surface area contributed by atoms with E-state index in [1.54, 1.807) is 0 Å². The lowest BCUT2D eigenvalue weighted by Crippen LogP contribution is -2.50. The SMILES string of the molecule is O=C(NC(=S)NNC(=O)C1CCCCC1)c1ccccc1[N+](=O)[O-]. The Morgan fingerprint density at radius 2 is 1.79 bits per heavy atom. The second-order valence-electron chi connectivity index (χ2n) is 5.51. The first-order chi connectivity index (χ1) is 11.5. The van der Waals surface area contributed by atoms with Crippen LogP contribution in [0.1, 0.15) is 42.5 Å². The molecular weight excluding hydrogens is 332 g/mol. The molecule has 0 aromatic heterocycles. The molecule has 1 aromatic carbocycles. The molecule has 8 nitrogen and oxygen atoms in total. The summed E-state index contributed by atoms with van der Waals surface area (Å²) in [5.74, 6) is -0.941. The molecule has 128 valence electrons. The molecule has 0 unspecified atom stereocenters. The number of carbonyl (C=O) groups is 2. The molecule has 1 saturated carbocycles. The van der Waals surface area contributed by atoms with Gasteiger partial charge >= 0.3 is 0 Å². The Bertz CT molecular complexity index is 659. The fourth-order valence-electron chi connectivity index (χ4n) is 2.61. The van der Waals surface area contributed by atoms with Gasteiger partial charge in [-0.2, -0.15) is 0 Å². The average molecular weight is 350 g/mol. The molecule has 0 saturated heterocycles. The Morgan fingerprint density at radius 1 is 1.12 bits per heavy atom. The zero-order valence-corrected chi connectivity index (χ0v) is 13.7. The van der Waals surface area contributed by atoms with Gasteiger partial charge in [-0.15, -0.1) is 0 Å². The van der Waals surface area contributed by atoms with Gasteiger partial charge in [-0.1, -0.05) is 31.4 Å². The van der Waals surface area contributed by atoms with Crippen molar-refractivity contribution in [1.82, 2.24) is 16.2 Å². The molecule has 1 aromatic rings. The van der Waals surface area contributed by atoms with Gasteiger partial charge in [0.2, 0.25) is 5.91 Å². The molecule has 1 aliphatic carbocycles. The molecule has 0 bridgehead atoms. The van der Waals surface area contributed by atoms with Gasteiger partial charge in [-0.05, 0) is 31.1 Å². The van der Waals surface area contributed by atoms with E-state index in [1.807, 2.05) is 0 Å². The van der Waals surface area contributed by atoms with Crippen LogP contribution in [0.2, 0.25) is 0 Å². The van der Waals surface area contributed by atoms with E-state index in [2.05, 4.69) is 16.2 Å². The van der Waals surface area contributed by atoms with Crippen molar-refractivity contribution < 1.29 is 14.5 Å². The molecular formula is C15H18N4O4S. The number of para-hydroxylation sites is 1. The fraction of sp³-hybridized carbons (Fsp3) is 0.400. The second kappa shape index (κ2) is 8.34. The number of nitro benzene ring substituents is 1. The summed E-state index contributed by atoms with van der Waals surface area (Å²) in [6, 6.07) is 5.55. The van der Waals surface area contributed by atoms with Gasteiger partial charge in [0.15, 0.2) is 5.11 Å². The summed E-state index contributed by atoms with van der Waals surface area (Å²) >= 11 is 4.93. The number of thiocarbonyl (C=S) groups is 1. The minimum Gasteiger partial charge on any atom is -0.297 e. The average Bonchev–Trinajstić information content (AvgIpc) is 2.60. The lowest BCUT2D eigenvalue weighted by molar-refractivity contribution is -0.385.